The van der Waals surface area contributed by atoms with Gasteiger partial charge in [0.15, 0.2) is 0 Å². The Balaban J connectivity index is 3.42. The van der Waals surface area contributed by atoms with Crippen LogP contribution in [-0.4, -0.2) is 62.1 Å². The maximum absolute atomic E-state index is 10.6. The van der Waals surface area contributed by atoms with Crippen LogP contribution < -0.4 is 0 Å². The molecule has 0 rings (SSSR count). The number of hydrogen-bond donors (Lipinski definition) is 1. The van der Waals surface area contributed by atoms with Gasteiger partial charge in [0.2, 0.25) is 0 Å². The van der Waals surface area contributed by atoms with Gasteiger partial charge in [0.25, 0.3) is 0 Å². The molecule has 0 spiro atoms. The topological polar surface area (TPSA) is 77.4 Å². The van der Waals surface area contributed by atoms with Crippen molar-refractivity contribution in [1.82, 2.24) is 0 Å². The fourth-order valence-electron chi connectivity index (χ4n) is 2.85. The van der Waals surface area contributed by atoms with Gasteiger partial charge in [-0.05, 0) is 19.3 Å². The average molecular weight is 352 g/mol. The molecule has 0 fully saturated rings. The van der Waals surface area contributed by atoms with Gasteiger partial charge in [-0.1, -0.05) is 44.9 Å². The third-order valence-corrected chi connectivity index (χ3v) is 5.12. The number of aliphatic hydroxyl groups is 1. The fourth-order valence-corrected chi connectivity index (χ4v) is 3.33. The first-order valence-corrected chi connectivity index (χ1v) is 10.7. The Kier molecular flexibility index (Phi) is 13.1. The quantitative estimate of drug-likeness (QED) is 0.263. The molecule has 0 aromatic carbocycles. The largest absolute Gasteiger partial charge is 0.748 e. The Labute approximate surface area is 143 Å². The van der Waals surface area contributed by atoms with Gasteiger partial charge in [0.1, 0.15) is 0 Å². The normalized spacial score (nSPS) is 12.7. The Bertz CT molecular complexity index is 369. The summed E-state index contributed by atoms with van der Waals surface area (Å²) in [6.45, 7) is 2.11. The molecule has 0 radical (unpaired) electrons. The lowest BCUT2D eigenvalue weighted by atomic mass is 10.1. The highest BCUT2D eigenvalue weighted by Crippen LogP contribution is 2.12. The summed E-state index contributed by atoms with van der Waals surface area (Å²) in [5.74, 6) is -0.243. The van der Waals surface area contributed by atoms with Crippen LogP contribution in [0.4, 0.5) is 0 Å². The van der Waals surface area contributed by atoms with Gasteiger partial charge < -0.3 is 14.1 Å². The minimum atomic E-state index is -4.06. The monoisotopic (exact) mass is 351 g/mol. The summed E-state index contributed by atoms with van der Waals surface area (Å²) in [4.78, 5) is 0. The number of rotatable bonds is 16. The second kappa shape index (κ2) is 13.2. The first-order valence-electron chi connectivity index (χ1n) is 9.13. The van der Waals surface area contributed by atoms with Crippen LogP contribution in [0.25, 0.3) is 0 Å². The molecule has 0 unspecified atom stereocenters. The summed E-state index contributed by atoms with van der Waals surface area (Å²) in [7, 11) is 0.137. The Morgan fingerprint density at radius 2 is 1.13 bits per heavy atom. The van der Waals surface area contributed by atoms with Crippen molar-refractivity contribution in [2.45, 2.75) is 70.6 Å². The van der Waals surface area contributed by atoms with Gasteiger partial charge in [-0.3, -0.25) is 0 Å². The van der Waals surface area contributed by atoms with E-state index < -0.39 is 10.1 Å². The van der Waals surface area contributed by atoms with E-state index in [1.807, 2.05) is 0 Å². The van der Waals surface area contributed by atoms with Crippen molar-refractivity contribution in [2.75, 3.05) is 39.5 Å². The van der Waals surface area contributed by atoms with E-state index in [4.69, 9.17) is 5.11 Å². The van der Waals surface area contributed by atoms with E-state index in [1.165, 1.54) is 44.9 Å². The molecule has 0 aliphatic carbocycles. The van der Waals surface area contributed by atoms with Gasteiger partial charge in [-0.25, -0.2) is 8.42 Å². The maximum atomic E-state index is 10.6. The van der Waals surface area contributed by atoms with Gasteiger partial charge in [0, 0.05) is 18.8 Å². The molecular weight excluding hydrogens is 314 g/mol. The van der Waals surface area contributed by atoms with Crippen LogP contribution in [0.2, 0.25) is 0 Å². The highest BCUT2D eigenvalue weighted by atomic mass is 32.2. The number of aliphatic hydroxyl groups excluding tert-OH is 1. The molecule has 6 heteroatoms. The number of quaternary nitrogens is 1. The van der Waals surface area contributed by atoms with E-state index in [9.17, 15) is 13.0 Å². The molecule has 0 aromatic heterocycles. The minimum Gasteiger partial charge on any atom is -0.748 e. The van der Waals surface area contributed by atoms with Crippen molar-refractivity contribution < 1.29 is 22.6 Å². The zero-order valence-corrected chi connectivity index (χ0v) is 16.0. The van der Waals surface area contributed by atoms with Crippen molar-refractivity contribution in [3.8, 4) is 0 Å². The summed E-state index contributed by atoms with van der Waals surface area (Å²) in [5, 5.41) is 8.69. The van der Waals surface area contributed by atoms with Gasteiger partial charge in [0.05, 0.1) is 37.3 Å². The minimum absolute atomic E-state index is 0.243. The Morgan fingerprint density at radius 1 is 0.739 bits per heavy atom. The van der Waals surface area contributed by atoms with E-state index in [0.717, 1.165) is 36.8 Å². The van der Waals surface area contributed by atoms with Crippen LogP contribution in [0.1, 0.15) is 70.6 Å². The smallest absolute Gasteiger partial charge is 0.0948 e. The van der Waals surface area contributed by atoms with Crippen LogP contribution in [0.15, 0.2) is 0 Å². The third-order valence-electron chi connectivity index (χ3n) is 4.33. The molecule has 0 aliphatic heterocycles. The summed E-state index contributed by atoms with van der Waals surface area (Å²) in [6.07, 6.45) is 12.6. The molecule has 0 bridgehead atoms. The summed E-state index contributed by atoms with van der Waals surface area (Å²) < 4.78 is 32.6. The van der Waals surface area contributed by atoms with Crippen molar-refractivity contribution in [3.05, 3.63) is 0 Å². The van der Waals surface area contributed by atoms with Crippen LogP contribution in [-0.2, 0) is 10.1 Å². The average Bonchev–Trinajstić information content (AvgIpc) is 2.43. The molecular formula is C17H37NO4S. The van der Waals surface area contributed by atoms with Crippen LogP contribution >= 0.6 is 0 Å². The summed E-state index contributed by atoms with van der Waals surface area (Å²) >= 11 is 0. The predicted molar refractivity (Wildman–Crippen MR) is 94.3 cm³/mol. The molecule has 5 nitrogen and oxygen atoms in total. The molecule has 23 heavy (non-hydrogen) atoms. The maximum Gasteiger partial charge on any atom is 0.0948 e. The zero-order chi connectivity index (χ0) is 17.6. The molecule has 140 valence electrons. The van der Waals surface area contributed by atoms with E-state index >= 15 is 0 Å². The van der Waals surface area contributed by atoms with Gasteiger partial charge in [-0.15, -0.1) is 0 Å². The van der Waals surface area contributed by atoms with Crippen molar-refractivity contribution in [1.29, 1.82) is 0 Å². The molecule has 0 amide bonds. The Hall–Kier alpha value is -0.170. The summed E-state index contributed by atoms with van der Waals surface area (Å²) in [6, 6.07) is 0. The number of nitrogens with zero attached hydrogens (tertiary/aromatic N) is 1. The lowest BCUT2D eigenvalue weighted by molar-refractivity contribution is -0.890. The Morgan fingerprint density at radius 3 is 1.57 bits per heavy atom. The van der Waals surface area contributed by atoms with Crippen LogP contribution in [0.5, 0.6) is 0 Å². The SMILES string of the molecule is C[N+](C)(CCCCCCCCCCCCO)CCCS(=O)(=O)[O-]. The molecule has 0 heterocycles. The van der Waals surface area contributed by atoms with Crippen LogP contribution in [0, 0.1) is 0 Å². The number of hydrogen-bond acceptors (Lipinski definition) is 4. The molecule has 0 saturated heterocycles. The van der Waals surface area contributed by atoms with E-state index in [-0.39, 0.29) is 5.75 Å². The fraction of sp³-hybridized carbons (Fsp3) is 1.00. The van der Waals surface area contributed by atoms with Crippen molar-refractivity contribution in [3.63, 3.8) is 0 Å². The number of unbranched alkanes of at least 4 members (excludes halogenated alkanes) is 9. The van der Waals surface area contributed by atoms with Crippen LogP contribution in [0.3, 0.4) is 0 Å². The van der Waals surface area contributed by atoms with Gasteiger partial charge >= 0.3 is 0 Å². The van der Waals surface area contributed by atoms with Crippen molar-refractivity contribution in [2.24, 2.45) is 0 Å². The highest BCUT2D eigenvalue weighted by Gasteiger charge is 2.14. The standard InChI is InChI=1S/C17H37NO4S/c1-18(2,15-13-17-23(20,21)22)14-11-9-7-5-3-4-6-8-10-12-16-19/h19H,3-17H2,1-2H3. The predicted octanol–water partition coefficient (Wildman–Crippen LogP) is 2.89. The van der Waals surface area contributed by atoms with E-state index in [0.29, 0.717) is 13.0 Å². The highest BCUT2D eigenvalue weighted by molar-refractivity contribution is 7.85. The molecule has 0 saturated carbocycles. The summed E-state index contributed by atoms with van der Waals surface area (Å²) in [5.41, 5.74) is 0. The third kappa shape index (κ3) is 18.0. The molecule has 0 atom stereocenters. The lowest BCUT2D eigenvalue weighted by Crippen LogP contribution is -2.41. The zero-order valence-electron chi connectivity index (χ0n) is 15.1. The van der Waals surface area contributed by atoms with E-state index in [1.54, 1.807) is 0 Å². The molecule has 1 N–H and O–H groups in total. The molecule has 0 aromatic rings. The molecule has 0 aliphatic rings. The second-order valence-electron chi connectivity index (χ2n) is 7.26. The van der Waals surface area contributed by atoms with E-state index in [2.05, 4.69) is 14.1 Å². The van der Waals surface area contributed by atoms with Gasteiger partial charge in [-0.2, -0.15) is 0 Å². The first kappa shape index (κ1) is 22.8. The first-order chi connectivity index (χ1) is 10.8. The van der Waals surface area contributed by atoms with Crippen molar-refractivity contribution >= 4 is 10.1 Å². The lowest BCUT2D eigenvalue weighted by Gasteiger charge is -2.30. The second-order valence-corrected chi connectivity index (χ2v) is 8.78.